The maximum Gasteiger partial charge on any atom is 0.334 e. The van der Waals surface area contributed by atoms with Crippen molar-refractivity contribution in [3.63, 3.8) is 0 Å². The van der Waals surface area contributed by atoms with E-state index in [0.29, 0.717) is 0 Å². The van der Waals surface area contributed by atoms with Crippen molar-refractivity contribution in [2.45, 2.75) is 51.1 Å². The fraction of sp³-hybridized carbons (Fsp3) is 0.917. The Kier molecular flexibility index (Phi) is 11.1. The summed E-state index contributed by atoms with van der Waals surface area (Å²) in [6.45, 7) is 2.12. The lowest BCUT2D eigenvalue weighted by atomic mass is 10.1. The van der Waals surface area contributed by atoms with Crippen LogP contribution in [-0.2, 0) is 8.85 Å². The maximum absolute atomic E-state index is 8.36. The predicted molar refractivity (Wildman–Crippen MR) is 76.2 cm³/mol. The molecule has 0 aromatic carbocycles. The molecule has 0 aliphatic heterocycles. The number of hydrogen-bond acceptors (Lipinski definition) is 4. The van der Waals surface area contributed by atoms with Gasteiger partial charge in [0.1, 0.15) is 5.40 Å². The SMILES string of the molecule is CO[Si](C)(CCCCCCCCSC#N)OC. The van der Waals surface area contributed by atoms with Gasteiger partial charge in [0.05, 0.1) is 0 Å². The molecule has 0 aliphatic rings. The lowest BCUT2D eigenvalue weighted by Crippen LogP contribution is -2.35. The topological polar surface area (TPSA) is 42.2 Å². The van der Waals surface area contributed by atoms with Crippen molar-refractivity contribution in [2.75, 3.05) is 20.0 Å². The van der Waals surface area contributed by atoms with Gasteiger partial charge in [-0.3, -0.25) is 0 Å². The monoisotopic (exact) mass is 275 g/mol. The summed E-state index contributed by atoms with van der Waals surface area (Å²) in [4.78, 5) is 0. The van der Waals surface area contributed by atoms with Gasteiger partial charge in [-0.1, -0.05) is 32.1 Å². The highest BCUT2D eigenvalue weighted by Gasteiger charge is 2.27. The molecule has 0 aliphatic carbocycles. The number of thioether (sulfide) groups is 1. The standard InChI is InChI=1S/C12H25NO2SSi/c1-14-17(3,15-2)11-9-7-5-4-6-8-10-16-12-13/h4-11H2,1-3H3. The van der Waals surface area contributed by atoms with Crippen LogP contribution in [0.25, 0.3) is 0 Å². The van der Waals surface area contributed by atoms with E-state index >= 15 is 0 Å². The normalized spacial score (nSPS) is 11.4. The van der Waals surface area contributed by atoms with Crippen molar-refractivity contribution in [3.8, 4) is 5.40 Å². The number of rotatable bonds is 11. The van der Waals surface area contributed by atoms with E-state index in [-0.39, 0.29) is 0 Å². The number of hydrogen-bond donors (Lipinski definition) is 0. The Hall–Kier alpha value is -0.0231. The summed E-state index contributed by atoms with van der Waals surface area (Å²) in [5, 5.41) is 10.5. The van der Waals surface area contributed by atoms with Crippen LogP contribution in [0, 0.1) is 10.7 Å². The zero-order valence-electron chi connectivity index (χ0n) is 11.3. The molecule has 0 saturated carbocycles. The van der Waals surface area contributed by atoms with E-state index in [4.69, 9.17) is 14.1 Å². The first-order valence-electron chi connectivity index (χ1n) is 6.29. The first kappa shape index (κ1) is 17.0. The molecule has 5 heteroatoms. The van der Waals surface area contributed by atoms with E-state index in [1.165, 1.54) is 50.3 Å². The summed E-state index contributed by atoms with van der Waals surface area (Å²) < 4.78 is 10.9. The van der Waals surface area contributed by atoms with Crippen molar-refractivity contribution in [3.05, 3.63) is 0 Å². The van der Waals surface area contributed by atoms with Gasteiger partial charge in [-0.2, -0.15) is 5.26 Å². The van der Waals surface area contributed by atoms with Gasteiger partial charge >= 0.3 is 8.56 Å². The van der Waals surface area contributed by atoms with Gasteiger partial charge in [0, 0.05) is 20.0 Å². The minimum absolute atomic E-state index is 0.981. The molecule has 0 bridgehead atoms. The Morgan fingerprint density at radius 1 is 1.00 bits per heavy atom. The van der Waals surface area contributed by atoms with Crippen LogP contribution in [0.1, 0.15) is 38.5 Å². The summed E-state index contributed by atoms with van der Waals surface area (Å²) in [7, 11) is 1.68. The molecule has 0 aromatic heterocycles. The number of nitrogens with zero attached hydrogens (tertiary/aromatic N) is 1. The lowest BCUT2D eigenvalue weighted by molar-refractivity contribution is 0.248. The van der Waals surface area contributed by atoms with Gasteiger partial charge < -0.3 is 8.85 Å². The van der Waals surface area contributed by atoms with Gasteiger partial charge in [-0.25, -0.2) is 0 Å². The van der Waals surface area contributed by atoms with E-state index in [0.717, 1.165) is 11.8 Å². The molecular formula is C12H25NO2SSi. The van der Waals surface area contributed by atoms with Crippen molar-refractivity contribution in [2.24, 2.45) is 0 Å². The molecule has 0 atom stereocenters. The Morgan fingerprint density at radius 3 is 2.06 bits per heavy atom. The average Bonchev–Trinajstić information content (AvgIpc) is 2.36. The van der Waals surface area contributed by atoms with Crippen LogP contribution in [0.2, 0.25) is 12.6 Å². The summed E-state index contributed by atoms with van der Waals surface area (Å²) in [6, 6.07) is 1.09. The summed E-state index contributed by atoms with van der Waals surface area (Å²) >= 11 is 1.36. The van der Waals surface area contributed by atoms with Gasteiger partial charge in [-0.15, -0.1) is 0 Å². The number of nitriles is 1. The van der Waals surface area contributed by atoms with Gasteiger partial charge in [0.25, 0.3) is 0 Å². The highest BCUT2D eigenvalue weighted by atomic mass is 32.2. The molecule has 0 unspecified atom stereocenters. The Labute approximate surface area is 111 Å². The fourth-order valence-electron chi connectivity index (χ4n) is 1.66. The van der Waals surface area contributed by atoms with Crippen molar-refractivity contribution < 1.29 is 8.85 Å². The van der Waals surface area contributed by atoms with E-state index in [1.807, 2.05) is 0 Å². The van der Waals surface area contributed by atoms with Crippen LogP contribution in [0.3, 0.4) is 0 Å². The largest absolute Gasteiger partial charge is 0.398 e. The molecular weight excluding hydrogens is 250 g/mol. The second-order valence-corrected chi connectivity index (χ2v) is 8.82. The molecule has 3 nitrogen and oxygen atoms in total. The second-order valence-electron chi connectivity index (χ2n) is 4.35. The van der Waals surface area contributed by atoms with Crippen LogP contribution in [0.15, 0.2) is 0 Å². The third kappa shape index (κ3) is 9.66. The maximum atomic E-state index is 8.36. The van der Waals surface area contributed by atoms with Crippen molar-refractivity contribution in [1.29, 1.82) is 5.26 Å². The molecule has 0 aromatic rings. The van der Waals surface area contributed by atoms with E-state index in [2.05, 4.69) is 11.9 Å². The molecule has 0 heterocycles. The molecule has 0 amide bonds. The van der Waals surface area contributed by atoms with Gasteiger partial charge in [0.2, 0.25) is 0 Å². The van der Waals surface area contributed by atoms with Crippen LogP contribution in [-0.4, -0.2) is 28.5 Å². The van der Waals surface area contributed by atoms with Crippen LogP contribution < -0.4 is 0 Å². The summed E-state index contributed by atoms with van der Waals surface area (Å²) in [5.41, 5.74) is 0. The molecule has 100 valence electrons. The summed E-state index contributed by atoms with van der Waals surface area (Å²) in [6.07, 6.45) is 7.45. The van der Waals surface area contributed by atoms with Crippen molar-refractivity contribution >= 4 is 20.3 Å². The molecule has 0 fully saturated rings. The van der Waals surface area contributed by atoms with Crippen LogP contribution >= 0.6 is 11.8 Å². The number of unbranched alkanes of at least 4 members (excludes halogenated alkanes) is 5. The fourth-order valence-corrected chi connectivity index (χ4v) is 3.57. The van der Waals surface area contributed by atoms with Crippen LogP contribution in [0.4, 0.5) is 0 Å². The molecule has 0 spiro atoms. The van der Waals surface area contributed by atoms with Crippen molar-refractivity contribution in [1.82, 2.24) is 0 Å². The zero-order valence-corrected chi connectivity index (χ0v) is 13.1. The van der Waals surface area contributed by atoms with Gasteiger partial charge in [0.15, 0.2) is 0 Å². The zero-order chi connectivity index (χ0) is 13.0. The van der Waals surface area contributed by atoms with Gasteiger partial charge in [-0.05, 0) is 30.8 Å². The first-order valence-corrected chi connectivity index (χ1v) is 9.80. The smallest absolute Gasteiger partial charge is 0.334 e. The minimum Gasteiger partial charge on any atom is -0.398 e. The average molecular weight is 275 g/mol. The molecule has 0 N–H and O–H groups in total. The lowest BCUT2D eigenvalue weighted by Gasteiger charge is -2.22. The van der Waals surface area contributed by atoms with E-state index in [9.17, 15) is 0 Å². The Balaban J connectivity index is 3.26. The third-order valence-corrected chi connectivity index (χ3v) is 6.67. The molecule has 0 rings (SSSR count). The predicted octanol–water partition coefficient (Wildman–Crippen LogP) is 3.91. The van der Waals surface area contributed by atoms with E-state index in [1.54, 1.807) is 14.2 Å². The Morgan fingerprint density at radius 2 is 1.53 bits per heavy atom. The minimum atomic E-state index is -1.82. The highest BCUT2D eigenvalue weighted by Crippen LogP contribution is 2.17. The van der Waals surface area contributed by atoms with Crippen LogP contribution in [0.5, 0.6) is 0 Å². The molecule has 0 saturated heterocycles. The third-order valence-electron chi connectivity index (χ3n) is 3.06. The first-order chi connectivity index (χ1) is 8.18. The quantitative estimate of drug-likeness (QED) is 0.326. The molecule has 0 radical (unpaired) electrons. The summed E-state index contributed by atoms with van der Waals surface area (Å²) in [5.74, 6) is 0.981. The second kappa shape index (κ2) is 11.1. The highest BCUT2D eigenvalue weighted by molar-refractivity contribution is 8.03. The Bertz CT molecular complexity index is 217. The number of thiocyanates is 1. The van der Waals surface area contributed by atoms with E-state index < -0.39 is 8.56 Å². The molecule has 17 heavy (non-hydrogen) atoms.